The number of nitrogens with zero attached hydrogens (tertiary/aromatic N) is 2. The second-order valence-corrected chi connectivity index (χ2v) is 4.83. The van der Waals surface area contributed by atoms with Crippen LogP contribution in [0.3, 0.4) is 0 Å². The maximum atomic E-state index is 5.86. The van der Waals surface area contributed by atoms with Crippen LogP contribution in [0.1, 0.15) is 32.3 Å². The summed E-state index contributed by atoms with van der Waals surface area (Å²) in [6.07, 6.45) is 4.58. The molecule has 1 aromatic rings. The lowest BCUT2D eigenvalue weighted by Crippen LogP contribution is -2.14. The topological polar surface area (TPSA) is 56.3 Å². The third-order valence-electron chi connectivity index (χ3n) is 3.28. The number of rotatable bonds is 7. The van der Waals surface area contributed by atoms with Gasteiger partial charge in [-0.1, -0.05) is 13.8 Å². The Balaban J connectivity index is 2.01. The maximum Gasteiger partial charge on any atom is 0.221 e. The highest BCUT2D eigenvalue weighted by molar-refractivity contribution is 5.48. The van der Waals surface area contributed by atoms with Gasteiger partial charge in [0.05, 0.1) is 18.8 Å². The van der Waals surface area contributed by atoms with Crippen LogP contribution in [0.25, 0.3) is 0 Å². The van der Waals surface area contributed by atoms with Gasteiger partial charge in [0.15, 0.2) is 0 Å². The second kappa shape index (κ2) is 7.28. The molecule has 1 fully saturated rings. The molecule has 106 valence electrons. The summed E-state index contributed by atoms with van der Waals surface area (Å²) >= 11 is 0. The molecular weight excluding hydrogens is 242 g/mol. The molecule has 1 aliphatic heterocycles. The lowest BCUT2D eigenvalue weighted by Gasteiger charge is -2.15. The van der Waals surface area contributed by atoms with E-state index < -0.39 is 0 Å². The highest BCUT2D eigenvalue weighted by atomic mass is 16.5. The van der Waals surface area contributed by atoms with Crippen molar-refractivity contribution in [3.05, 3.63) is 11.9 Å². The lowest BCUT2D eigenvalue weighted by atomic mass is 10.1. The van der Waals surface area contributed by atoms with E-state index in [-0.39, 0.29) is 0 Å². The van der Waals surface area contributed by atoms with Crippen molar-refractivity contribution in [1.82, 2.24) is 9.97 Å². The van der Waals surface area contributed by atoms with Crippen LogP contribution in [0, 0.1) is 5.92 Å². The molecule has 19 heavy (non-hydrogen) atoms. The Kier molecular flexibility index (Phi) is 5.39. The van der Waals surface area contributed by atoms with Crippen molar-refractivity contribution in [3.8, 4) is 5.88 Å². The maximum absolute atomic E-state index is 5.86. The minimum Gasteiger partial charge on any atom is -0.477 e. The van der Waals surface area contributed by atoms with Crippen LogP contribution in [0.5, 0.6) is 5.88 Å². The molecule has 1 unspecified atom stereocenters. The second-order valence-electron chi connectivity index (χ2n) is 4.83. The smallest absolute Gasteiger partial charge is 0.221 e. The van der Waals surface area contributed by atoms with E-state index >= 15 is 0 Å². The first kappa shape index (κ1) is 14.1. The molecule has 0 aliphatic carbocycles. The quantitative estimate of drug-likeness (QED) is 0.819. The molecule has 2 rings (SSSR count). The van der Waals surface area contributed by atoms with Crippen LogP contribution in [0.4, 0.5) is 5.82 Å². The third-order valence-corrected chi connectivity index (χ3v) is 3.28. The Morgan fingerprint density at radius 3 is 3.00 bits per heavy atom. The van der Waals surface area contributed by atoms with E-state index in [4.69, 9.17) is 9.47 Å². The summed E-state index contributed by atoms with van der Waals surface area (Å²) in [5, 5.41) is 3.33. The van der Waals surface area contributed by atoms with Crippen molar-refractivity contribution in [1.29, 1.82) is 0 Å². The van der Waals surface area contributed by atoms with E-state index in [9.17, 15) is 0 Å². The first-order valence-electron chi connectivity index (χ1n) is 7.13. The summed E-state index contributed by atoms with van der Waals surface area (Å²) in [6, 6.07) is 0. The molecule has 0 spiro atoms. The molecule has 1 aliphatic rings. The Morgan fingerprint density at radius 2 is 2.32 bits per heavy atom. The Labute approximate surface area is 114 Å². The predicted molar refractivity (Wildman–Crippen MR) is 74.6 cm³/mol. The lowest BCUT2D eigenvalue weighted by molar-refractivity contribution is 0.165. The molecule has 1 atom stereocenters. The van der Waals surface area contributed by atoms with E-state index in [1.54, 1.807) is 6.33 Å². The fourth-order valence-electron chi connectivity index (χ4n) is 2.15. The molecule has 1 saturated heterocycles. The fourth-order valence-corrected chi connectivity index (χ4v) is 2.15. The minimum absolute atomic E-state index is 0.492. The zero-order valence-electron chi connectivity index (χ0n) is 11.8. The average molecular weight is 265 g/mol. The molecular formula is C14H23N3O2. The minimum atomic E-state index is 0.492. The molecule has 0 radical (unpaired) electrons. The normalized spacial score (nSPS) is 18.5. The van der Waals surface area contributed by atoms with Crippen molar-refractivity contribution in [2.45, 2.75) is 33.1 Å². The van der Waals surface area contributed by atoms with Crippen LogP contribution in [0.2, 0.25) is 0 Å². The zero-order chi connectivity index (χ0) is 13.5. The molecule has 5 nitrogen and oxygen atoms in total. The molecule has 0 amide bonds. The molecule has 2 heterocycles. The van der Waals surface area contributed by atoms with E-state index in [2.05, 4.69) is 29.1 Å². The highest BCUT2D eigenvalue weighted by Gasteiger charge is 2.18. The van der Waals surface area contributed by atoms with Crippen molar-refractivity contribution in [3.63, 3.8) is 0 Å². The summed E-state index contributed by atoms with van der Waals surface area (Å²) in [4.78, 5) is 8.57. The summed E-state index contributed by atoms with van der Waals surface area (Å²) in [6.45, 7) is 7.48. The Hall–Kier alpha value is -1.36. The van der Waals surface area contributed by atoms with Gasteiger partial charge in [0.2, 0.25) is 5.88 Å². The zero-order valence-corrected chi connectivity index (χ0v) is 11.8. The van der Waals surface area contributed by atoms with Crippen LogP contribution in [-0.2, 0) is 11.2 Å². The van der Waals surface area contributed by atoms with Gasteiger partial charge in [-0.2, -0.15) is 0 Å². The Morgan fingerprint density at radius 1 is 1.42 bits per heavy atom. The number of nitrogens with one attached hydrogen (secondary N) is 1. The largest absolute Gasteiger partial charge is 0.477 e. The van der Waals surface area contributed by atoms with Gasteiger partial charge >= 0.3 is 0 Å². The molecule has 1 N–H and O–H groups in total. The van der Waals surface area contributed by atoms with Gasteiger partial charge in [-0.15, -0.1) is 0 Å². The first-order chi connectivity index (χ1) is 9.35. The van der Waals surface area contributed by atoms with Crippen LogP contribution in [0.15, 0.2) is 6.33 Å². The van der Waals surface area contributed by atoms with Gasteiger partial charge in [0.25, 0.3) is 0 Å². The van der Waals surface area contributed by atoms with Crippen molar-refractivity contribution in [2.75, 3.05) is 31.7 Å². The summed E-state index contributed by atoms with van der Waals surface area (Å²) in [7, 11) is 0. The summed E-state index contributed by atoms with van der Waals surface area (Å²) in [5.74, 6) is 2.10. The summed E-state index contributed by atoms with van der Waals surface area (Å²) in [5.41, 5.74) is 1.06. The predicted octanol–water partition coefficient (Wildman–Crippen LogP) is 2.28. The standard InChI is InChI=1S/C14H23N3O2/c1-3-6-15-13-12(4-2)14(17-10-16-13)19-9-11-5-7-18-8-11/h10-11H,3-9H2,1-2H3,(H,15,16,17). The number of hydrogen-bond acceptors (Lipinski definition) is 5. The van der Waals surface area contributed by atoms with Crippen molar-refractivity contribution < 1.29 is 9.47 Å². The van der Waals surface area contributed by atoms with Crippen LogP contribution < -0.4 is 10.1 Å². The Bertz CT molecular complexity index is 392. The third kappa shape index (κ3) is 3.80. The highest BCUT2D eigenvalue weighted by Crippen LogP contribution is 2.24. The first-order valence-corrected chi connectivity index (χ1v) is 7.13. The average Bonchev–Trinajstić information content (AvgIpc) is 2.96. The van der Waals surface area contributed by atoms with Gasteiger partial charge in [-0.3, -0.25) is 0 Å². The van der Waals surface area contributed by atoms with Gasteiger partial charge in [-0.05, 0) is 19.3 Å². The molecule has 0 saturated carbocycles. The number of ether oxygens (including phenoxy) is 2. The van der Waals surface area contributed by atoms with Gasteiger partial charge in [-0.25, -0.2) is 9.97 Å². The van der Waals surface area contributed by atoms with E-state index in [0.29, 0.717) is 18.4 Å². The van der Waals surface area contributed by atoms with Gasteiger partial charge in [0, 0.05) is 19.1 Å². The van der Waals surface area contributed by atoms with E-state index in [1.807, 2.05) is 0 Å². The number of anilines is 1. The molecule has 0 bridgehead atoms. The molecule has 0 aromatic carbocycles. The molecule has 1 aromatic heterocycles. The van der Waals surface area contributed by atoms with E-state index in [1.165, 1.54) is 0 Å². The van der Waals surface area contributed by atoms with Crippen molar-refractivity contribution in [2.24, 2.45) is 5.92 Å². The van der Waals surface area contributed by atoms with Gasteiger partial charge < -0.3 is 14.8 Å². The SMILES string of the molecule is CCCNc1ncnc(OCC2CCOC2)c1CC. The van der Waals surface area contributed by atoms with Crippen LogP contribution >= 0.6 is 0 Å². The van der Waals surface area contributed by atoms with Crippen molar-refractivity contribution >= 4 is 5.82 Å². The van der Waals surface area contributed by atoms with Crippen LogP contribution in [-0.4, -0.2) is 36.3 Å². The molecule has 5 heteroatoms. The fraction of sp³-hybridized carbons (Fsp3) is 0.714. The number of hydrogen-bond donors (Lipinski definition) is 1. The summed E-state index contributed by atoms with van der Waals surface area (Å²) < 4.78 is 11.2. The monoisotopic (exact) mass is 265 g/mol. The van der Waals surface area contributed by atoms with Gasteiger partial charge in [0.1, 0.15) is 12.1 Å². The van der Waals surface area contributed by atoms with E-state index in [0.717, 1.165) is 50.4 Å². The number of aromatic nitrogens is 2.